The minimum Gasteiger partial charge on any atom is -0.342 e. The topological polar surface area (TPSA) is 49.4 Å². The lowest BCUT2D eigenvalue weighted by Gasteiger charge is -2.29. The summed E-state index contributed by atoms with van der Waals surface area (Å²) < 4.78 is 38.4. The smallest absolute Gasteiger partial charge is 0.342 e. The average molecular weight is 340 g/mol. The number of carbonyl (C=O) groups is 2. The van der Waals surface area contributed by atoms with Crippen LogP contribution in [0.4, 0.5) is 13.2 Å². The molecule has 0 aromatic heterocycles. The van der Waals surface area contributed by atoms with Gasteiger partial charge in [0.05, 0.1) is 0 Å². The van der Waals surface area contributed by atoms with Gasteiger partial charge in [-0.3, -0.25) is 9.59 Å². The molecule has 0 saturated heterocycles. The van der Waals surface area contributed by atoms with Crippen molar-refractivity contribution >= 4 is 11.8 Å². The van der Waals surface area contributed by atoms with Gasteiger partial charge in [0, 0.05) is 25.9 Å². The minimum atomic E-state index is -4.43. The Hall–Kier alpha value is -2.05. The second-order valence-corrected chi connectivity index (χ2v) is 6.46. The molecule has 3 rings (SSSR count). The van der Waals surface area contributed by atoms with Crippen LogP contribution in [-0.4, -0.2) is 35.0 Å². The lowest BCUT2D eigenvalue weighted by Crippen LogP contribution is -2.48. The number of amides is 2. The highest BCUT2D eigenvalue weighted by molar-refractivity contribution is 5.84. The molecule has 4 nitrogen and oxygen atoms in total. The van der Waals surface area contributed by atoms with E-state index in [2.05, 4.69) is 0 Å². The largest absolute Gasteiger partial charge is 0.411 e. The van der Waals surface area contributed by atoms with Crippen molar-refractivity contribution in [3.05, 3.63) is 35.4 Å². The van der Waals surface area contributed by atoms with E-state index in [4.69, 9.17) is 0 Å². The fraction of sp³-hybridized carbons (Fsp3) is 0.529. The van der Waals surface area contributed by atoms with E-state index in [0.29, 0.717) is 13.1 Å². The van der Waals surface area contributed by atoms with Gasteiger partial charge in [-0.1, -0.05) is 24.3 Å². The van der Waals surface area contributed by atoms with E-state index in [9.17, 15) is 22.8 Å². The molecule has 0 unspecified atom stereocenters. The summed E-state index contributed by atoms with van der Waals surface area (Å²) in [5.74, 6) is -0.910. The number of nitrogens with zero attached hydrogens (tertiary/aromatic N) is 1. The first-order valence-electron chi connectivity index (χ1n) is 8.03. The van der Waals surface area contributed by atoms with Crippen molar-refractivity contribution in [1.82, 2.24) is 10.2 Å². The van der Waals surface area contributed by atoms with Crippen LogP contribution in [0.25, 0.3) is 0 Å². The van der Waals surface area contributed by atoms with Crippen molar-refractivity contribution in [2.24, 2.45) is 0 Å². The molecule has 2 aliphatic rings. The Labute approximate surface area is 138 Å². The van der Waals surface area contributed by atoms with E-state index in [1.807, 2.05) is 29.6 Å². The van der Waals surface area contributed by atoms with Gasteiger partial charge in [-0.15, -0.1) is 0 Å². The Morgan fingerprint density at radius 1 is 1.12 bits per heavy atom. The summed E-state index contributed by atoms with van der Waals surface area (Å²) in [5, 5.41) is 2.05. The second-order valence-electron chi connectivity index (χ2n) is 6.46. The van der Waals surface area contributed by atoms with Gasteiger partial charge in [-0.25, -0.2) is 0 Å². The Morgan fingerprint density at radius 2 is 1.79 bits per heavy atom. The third kappa shape index (κ3) is 3.39. The second kappa shape index (κ2) is 6.11. The molecule has 1 N–H and O–H groups in total. The molecule has 1 aliphatic heterocycles. The van der Waals surface area contributed by atoms with Crippen LogP contribution >= 0.6 is 0 Å². The number of alkyl halides is 3. The van der Waals surface area contributed by atoms with Crippen LogP contribution in [0.1, 0.15) is 36.8 Å². The van der Waals surface area contributed by atoms with E-state index >= 15 is 0 Å². The quantitative estimate of drug-likeness (QED) is 0.916. The molecule has 130 valence electrons. The maximum atomic E-state index is 12.8. The summed E-state index contributed by atoms with van der Waals surface area (Å²) in [6.07, 6.45) is -4.12. The van der Waals surface area contributed by atoms with Gasteiger partial charge in [0.2, 0.25) is 11.8 Å². The normalized spacial score (nSPS) is 18.7. The molecular weight excluding hydrogens is 321 g/mol. The van der Waals surface area contributed by atoms with E-state index in [0.717, 1.165) is 12.0 Å². The number of hydrogen-bond acceptors (Lipinski definition) is 2. The summed E-state index contributed by atoms with van der Waals surface area (Å²) in [5.41, 5.74) is 0.229. The maximum Gasteiger partial charge on any atom is 0.411 e. The first-order valence-corrected chi connectivity index (χ1v) is 8.03. The number of hydrogen-bond donors (Lipinski definition) is 1. The number of nitrogens with one attached hydrogen (secondary N) is 1. The van der Waals surface area contributed by atoms with Gasteiger partial charge in [0.1, 0.15) is 5.54 Å². The van der Waals surface area contributed by atoms with E-state index < -0.39 is 17.6 Å². The first-order chi connectivity index (χ1) is 11.3. The lowest BCUT2D eigenvalue weighted by atomic mass is 9.99. The first kappa shape index (κ1) is 16.8. The molecule has 1 aromatic rings. The molecule has 1 heterocycles. The van der Waals surface area contributed by atoms with Gasteiger partial charge < -0.3 is 10.2 Å². The number of fused-ring (bicyclic) bond motifs is 1. The SMILES string of the molecule is O=C(CCC(=O)N1CCc2ccccc2C1)NC1(C(F)(F)F)CC1. The van der Waals surface area contributed by atoms with Gasteiger partial charge >= 0.3 is 6.18 Å². The van der Waals surface area contributed by atoms with Gasteiger partial charge in [0.15, 0.2) is 0 Å². The third-order valence-electron chi connectivity index (χ3n) is 4.72. The van der Waals surface area contributed by atoms with Crippen molar-refractivity contribution in [3.8, 4) is 0 Å². The van der Waals surface area contributed by atoms with Crippen LogP contribution in [0, 0.1) is 0 Å². The highest BCUT2D eigenvalue weighted by atomic mass is 19.4. The molecule has 2 amide bonds. The van der Waals surface area contributed by atoms with Crippen molar-refractivity contribution < 1.29 is 22.8 Å². The predicted molar refractivity (Wildman–Crippen MR) is 81.0 cm³/mol. The zero-order valence-corrected chi connectivity index (χ0v) is 13.2. The summed E-state index contributed by atoms with van der Waals surface area (Å²) in [6, 6.07) is 7.85. The monoisotopic (exact) mass is 340 g/mol. The van der Waals surface area contributed by atoms with Crippen LogP contribution in [0.5, 0.6) is 0 Å². The van der Waals surface area contributed by atoms with Crippen LogP contribution < -0.4 is 5.32 Å². The third-order valence-corrected chi connectivity index (χ3v) is 4.72. The molecule has 1 aliphatic carbocycles. The molecule has 24 heavy (non-hydrogen) atoms. The Bertz CT molecular complexity index is 653. The molecule has 1 aromatic carbocycles. The molecule has 0 spiro atoms. The average Bonchev–Trinajstić information content (AvgIpc) is 3.32. The van der Waals surface area contributed by atoms with Crippen molar-refractivity contribution in [3.63, 3.8) is 0 Å². The number of rotatable bonds is 4. The summed E-state index contributed by atoms with van der Waals surface area (Å²) in [4.78, 5) is 25.6. The molecule has 0 radical (unpaired) electrons. The number of halogens is 3. The number of benzene rings is 1. The van der Waals surface area contributed by atoms with E-state index in [1.54, 1.807) is 4.90 Å². The van der Waals surface area contributed by atoms with E-state index in [1.165, 1.54) is 5.56 Å². The summed E-state index contributed by atoms with van der Waals surface area (Å²) >= 11 is 0. The standard InChI is InChI=1S/C17H19F3N2O2/c18-17(19,20)16(8-9-16)21-14(23)5-6-15(24)22-10-7-12-3-1-2-4-13(12)11-22/h1-4H,5-11H2,(H,21,23). The van der Waals surface area contributed by atoms with Crippen LogP contribution in [0.3, 0.4) is 0 Å². The molecular formula is C17H19F3N2O2. The lowest BCUT2D eigenvalue weighted by molar-refractivity contribution is -0.170. The Morgan fingerprint density at radius 3 is 2.42 bits per heavy atom. The zero-order chi connectivity index (χ0) is 17.4. The van der Waals surface area contributed by atoms with E-state index in [-0.39, 0.29) is 31.6 Å². The Balaban J connectivity index is 1.49. The molecule has 0 atom stereocenters. The summed E-state index contributed by atoms with van der Waals surface area (Å²) in [7, 11) is 0. The summed E-state index contributed by atoms with van der Waals surface area (Å²) in [6.45, 7) is 1.06. The van der Waals surface area contributed by atoms with Crippen molar-refractivity contribution in [2.45, 2.75) is 50.4 Å². The predicted octanol–water partition coefficient (Wildman–Crippen LogP) is 2.56. The van der Waals surface area contributed by atoms with Gasteiger partial charge in [-0.2, -0.15) is 13.2 Å². The van der Waals surface area contributed by atoms with Crippen LogP contribution in [0.15, 0.2) is 24.3 Å². The highest BCUT2D eigenvalue weighted by Gasteiger charge is 2.64. The van der Waals surface area contributed by atoms with Crippen LogP contribution in [-0.2, 0) is 22.6 Å². The molecule has 1 saturated carbocycles. The minimum absolute atomic E-state index is 0.0675. The fourth-order valence-corrected chi connectivity index (χ4v) is 3.02. The zero-order valence-electron chi connectivity index (χ0n) is 13.2. The molecule has 0 bridgehead atoms. The van der Waals surface area contributed by atoms with Gasteiger partial charge in [-0.05, 0) is 30.4 Å². The maximum absolute atomic E-state index is 12.8. The Kier molecular flexibility index (Phi) is 4.27. The number of carbonyl (C=O) groups excluding carboxylic acids is 2. The van der Waals surface area contributed by atoms with Crippen molar-refractivity contribution in [1.29, 1.82) is 0 Å². The molecule has 7 heteroatoms. The molecule has 1 fully saturated rings. The highest BCUT2D eigenvalue weighted by Crippen LogP contribution is 2.48. The van der Waals surface area contributed by atoms with Crippen molar-refractivity contribution in [2.75, 3.05) is 6.54 Å². The van der Waals surface area contributed by atoms with Crippen LogP contribution in [0.2, 0.25) is 0 Å². The fourth-order valence-electron chi connectivity index (χ4n) is 3.02. The van der Waals surface area contributed by atoms with Gasteiger partial charge in [0.25, 0.3) is 0 Å².